The maximum absolute atomic E-state index is 5.69. The Bertz CT molecular complexity index is 943. The van der Waals surface area contributed by atoms with Crippen LogP contribution in [0.4, 0.5) is 0 Å². The van der Waals surface area contributed by atoms with Crippen LogP contribution in [0.25, 0.3) is 11.6 Å². The molecule has 0 aliphatic carbocycles. The first-order valence-electron chi connectivity index (χ1n) is 10.0. The van der Waals surface area contributed by atoms with Crippen LogP contribution < -0.4 is 20.1 Å². The van der Waals surface area contributed by atoms with Crippen LogP contribution in [-0.4, -0.2) is 47.9 Å². The minimum atomic E-state index is 0. The molecule has 0 aliphatic rings. The first kappa shape index (κ1) is 24.5. The van der Waals surface area contributed by atoms with Gasteiger partial charge in [-0.15, -0.1) is 29.1 Å². The van der Waals surface area contributed by atoms with Crippen molar-refractivity contribution in [2.75, 3.05) is 26.8 Å². The molecule has 3 aromatic rings. The van der Waals surface area contributed by atoms with Gasteiger partial charge in [-0.05, 0) is 50.1 Å². The maximum atomic E-state index is 5.69. The van der Waals surface area contributed by atoms with Gasteiger partial charge in [0.25, 0.3) is 0 Å². The predicted molar refractivity (Wildman–Crippen MR) is 130 cm³/mol. The molecule has 168 valence electrons. The minimum absolute atomic E-state index is 0. The molecular weight excluding hydrogens is 511 g/mol. The highest BCUT2D eigenvalue weighted by Gasteiger charge is 2.09. The van der Waals surface area contributed by atoms with Crippen molar-refractivity contribution in [1.82, 2.24) is 25.8 Å². The Morgan fingerprint density at radius 2 is 1.94 bits per heavy atom. The zero-order valence-corrected chi connectivity index (χ0v) is 20.3. The summed E-state index contributed by atoms with van der Waals surface area (Å²) in [5.41, 5.74) is 1.16. The molecule has 31 heavy (non-hydrogen) atoms. The summed E-state index contributed by atoms with van der Waals surface area (Å²) in [5, 5.41) is 13.6. The summed E-state index contributed by atoms with van der Waals surface area (Å²) < 4.78 is 16.6. The predicted octanol–water partition coefficient (Wildman–Crippen LogP) is 3.39. The maximum Gasteiger partial charge on any atom is 0.216 e. The Balaban J connectivity index is 0.00000341. The van der Waals surface area contributed by atoms with Crippen molar-refractivity contribution in [3.05, 3.63) is 48.0 Å². The van der Waals surface area contributed by atoms with Gasteiger partial charge < -0.3 is 24.5 Å². The number of H-pyrrole nitrogens is 1. The van der Waals surface area contributed by atoms with Crippen molar-refractivity contribution < 1.29 is 13.9 Å². The van der Waals surface area contributed by atoms with Gasteiger partial charge in [-0.2, -0.15) is 0 Å². The number of halogens is 1. The lowest BCUT2D eigenvalue weighted by molar-refractivity contribution is 0.287. The van der Waals surface area contributed by atoms with Gasteiger partial charge in [-0.1, -0.05) is 6.07 Å². The van der Waals surface area contributed by atoms with E-state index in [0.717, 1.165) is 23.5 Å². The largest absolute Gasteiger partial charge is 0.490 e. The smallest absolute Gasteiger partial charge is 0.216 e. The number of benzene rings is 1. The SMILES string of the molecule is CCOc1ccc(CCNC(=NC)NCc2nc(-c3ccco3)n[nH]2)cc1OCC.I. The molecule has 3 N–H and O–H groups in total. The summed E-state index contributed by atoms with van der Waals surface area (Å²) in [6, 6.07) is 9.65. The molecule has 0 fully saturated rings. The molecule has 10 heteroatoms. The molecule has 0 bridgehead atoms. The van der Waals surface area contributed by atoms with Crippen LogP contribution in [-0.2, 0) is 13.0 Å². The highest BCUT2D eigenvalue weighted by Crippen LogP contribution is 2.28. The second-order valence-electron chi connectivity index (χ2n) is 6.33. The molecule has 0 radical (unpaired) electrons. The molecule has 3 rings (SSSR count). The van der Waals surface area contributed by atoms with Gasteiger partial charge >= 0.3 is 0 Å². The molecule has 9 nitrogen and oxygen atoms in total. The molecule has 0 spiro atoms. The van der Waals surface area contributed by atoms with Crippen molar-refractivity contribution in [3.8, 4) is 23.1 Å². The van der Waals surface area contributed by atoms with Crippen molar-refractivity contribution in [1.29, 1.82) is 0 Å². The van der Waals surface area contributed by atoms with Gasteiger partial charge in [-0.3, -0.25) is 10.1 Å². The molecule has 0 aliphatic heterocycles. The number of ether oxygens (including phenoxy) is 2. The zero-order chi connectivity index (χ0) is 21.2. The third-order valence-electron chi connectivity index (χ3n) is 4.23. The van der Waals surface area contributed by atoms with Gasteiger partial charge in [0, 0.05) is 13.6 Å². The quantitative estimate of drug-likeness (QED) is 0.206. The lowest BCUT2D eigenvalue weighted by Gasteiger charge is -2.13. The Morgan fingerprint density at radius 1 is 1.13 bits per heavy atom. The summed E-state index contributed by atoms with van der Waals surface area (Å²) in [4.78, 5) is 8.65. The number of aromatic amines is 1. The number of nitrogens with zero attached hydrogens (tertiary/aromatic N) is 3. The van der Waals surface area contributed by atoms with E-state index in [-0.39, 0.29) is 24.0 Å². The van der Waals surface area contributed by atoms with E-state index in [1.807, 2.05) is 32.0 Å². The van der Waals surface area contributed by atoms with E-state index in [1.165, 1.54) is 0 Å². The van der Waals surface area contributed by atoms with E-state index < -0.39 is 0 Å². The Labute approximate surface area is 199 Å². The minimum Gasteiger partial charge on any atom is -0.490 e. The number of hydrogen-bond donors (Lipinski definition) is 3. The third-order valence-corrected chi connectivity index (χ3v) is 4.23. The first-order valence-corrected chi connectivity index (χ1v) is 10.0. The number of hydrogen-bond acceptors (Lipinski definition) is 6. The van der Waals surface area contributed by atoms with Crippen LogP contribution >= 0.6 is 24.0 Å². The number of furan rings is 1. The monoisotopic (exact) mass is 540 g/mol. The molecule has 0 unspecified atom stereocenters. The number of aliphatic imine (C=N–C) groups is 1. The average molecular weight is 540 g/mol. The van der Waals surface area contributed by atoms with Gasteiger partial charge in [0.1, 0.15) is 5.82 Å². The van der Waals surface area contributed by atoms with E-state index >= 15 is 0 Å². The molecule has 0 amide bonds. The highest BCUT2D eigenvalue weighted by atomic mass is 127. The molecule has 2 aromatic heterocycles. The summed E-state index contributed by atoms with van der Waals surface area (Å²) in [6.07, 6.45) is 2.41. The fourth-order valence-corrected chi connectivity index (χ4v) is 2.85. The Hall–Kier alpha value is -2.76. The lowest BCUT2D eigenvalue weighted by atomic mass is 10.1. The zero-order valence-electron chi connectivity index (χ0n) is 18.0. The fourth-order valence-electron chi connectivity index (χ4n) is 2.85. The second kappa shape index (κ2) is 12.8. The third kappa shape index (κ3) is 7.16. The van der Waals surface area contributed by atoms with Crippen molar-refractivity contribution in [3.63, 3.8) is 0 Å². The van der Waals surface area contributed by atoms with Gasteiger partial charge in [0.15, 0.2) is 23.2 Å². The van der Waals surface area contributed by atoms with Gasteiger partial charge in [0.2, 0.25) is 5.82 Å². The topological polar surface area (TPSA) is 110 Å². The van der Waals surface area contributed by atoms with E-state index in [4.69, 9.17) is 13.9 Å². The van der Waals surface area contributed by atoms with Crippen LogP contribution in [0.15, 0.2) is 46.0 Å². The molecule has 0 atom stereocenters. The average Bonchev–Trinajstić information content (AvgIpc) is 3.44. The molecule has 0 saturated carbocycles. The highest BCUT2D eigenvalue weighted by molar-refractivity contribution is 14.0. The van der Waals surface area contributed by atoms with Crippen LogP contribution in [0.5, 0.6) is 11.5 Å². The normalized spacial score (nSPS) is 11.0. The van der Waals surface area contributed by atoms with E-state index in [9.17, 15) is 0 Å². The summed E-state index contributed by atoms with van der Waals surface area (Å²) in [7, 11) is 1.73. The van der Waals surface area contributed by atoms with Crippen LogP contribution in [0, 0.1) is 0 Å². The molecule has 0 saturated heterocycles. The van der Waals surface area contributed by atoms with Crippen molar-refractivity contribution in [2.24, 2.45) is 4.99 Å². The summed E-state index contributed by atoms with van der Waals surface area (Å²) >= 11 is 0. The van der Waals surface area contributed by atoms with Gasteiger partial charge in [0.05, 0.1) is 26.0 Å². The molecular formula is C21H29IN6O3. The van der Waals surface area contributed by atoms with Crippen molar-refractivity contribution >= 4 is 29.9 Å². The van der Waals surface area contributed by atoms with Crippen LogP contribution in [0.3, 0.4) is 0 Å². The molecule has 1 aromatic carbocycles. The van der Waals surface area contributed by atoms with Gasteiger partial charge in [-0.25, -0.2) is 4.98 Å². The number of rotatable bonds is 10. The lowest BCUT2D eigenvalue weighted by Crippen LogP contribution is -2.38. The Morgan fingerprint density at radius 3 is 2.65 bits per heavy atom. The van der Waals surface area contributed by atoms with Crippen LogP contribution in [0.2, 0.25) is 0 Å². The number of guanidine groups is 1. The van der Waals surface area contributed by atoms with E-state index in [1.54, 1.807) is 19.4 Å². The van der Waals surface area contributed by atoms with E-state index in [0.29, 0.717) is 49.7 Å². The second-order valence-corrected chi connectivity index (χ2v) is 6.33. The van der Waals surface area contributed by atoms with Crippen LogP contribution in [0.1, 0.15) is 25.2 Å². The van der Waals surface area contributed by atoms with E-state index in [2.05, 4.69) is 36.9 Å². The number of aromatic nitrogens is 3. The first-order chi connectivity index (χ1) is 14.7. The summed E-state index contributed by atoms with van der Waals surface area (Å²) in [5.74, 6) is 4.08. The van der Waals surface area contributed by atoms with Crippen molar-refractivity contribution in [2.45, 2.75) is 26.8 Å². The number of nitrogens with one attached hydrogen (secondary N) is 3. The fraction of sp³-hybridized carbons (Fsp3) is 0.381. The standard InChI is InChI=1S/C21H28N6O3.HI/c1-4-28-16-9-8-15(13-18(16)29-5-2)10-11-23-21(22-3)24-14-19-25-20(27-26-19)17-7-6-12-30-17;/h6-9,12-13H,4-5,10-11,14H2,1-3H3,(H2,22,23,24)(H,25,26,27);1H. The summed E-state index contributed by atoms with van der Waals surface area (Å²) in [6.45, 7) is 6.31. The Kier molecular flexibility index (Phi) is 10.1. The molecule has 2 heterocycles.